The molecule has 0 radical (unpaired) electrons. The molecule has 2 saturated heterocycles. The summed E-state index contributed by atoms with van der Waals surface area (Å²) < 4.78 is 0. The quantitative estimate of drug-likeness (QED) is 0.198. The molecule has 10 heteroatoms. The number of amides is 4. The Balaban J connectivity index is 1.44. The molecule has 48 heavy (non-hydrogen) atoms. The van der Waals surface area contributed by atoms with Gasteiger partial charge >= 0.3 is 0 Å². The highest BCUT2D eigenvalue weighted by molar-refractivity contribution is 6.43. The Morgan fingerprint density at radius 3 is 1.06 bits per heavy atom. The molecule has 0 N–H and O–H groups in total. The first-order valence-corrected chi connectivity index (χ1v) is 16.9. The fourth-order valence-electron chi connectivity index (χ4n) is 9.18. The summed E-state index contributed by atoms with van der Waals surface area (Å²) in [6.07, 6.45) is 0. The molecule has 2 bridgehead atoms. The minimum atomic E-state index is -1.30. The lowest BCUT2D eigenvalue weighted by Crippen LogP contribution is -2.64. The van der Waals surface area contributed by atoms with E-state index in [2.05, 4.69) is 0 Å². The van der Waals surface area contributed by atoms with Crippen molar-refractivity contribution in [2.45, 2.75) is 13.8 Å². The molecule has 3 aliphatic carbocycles. The predicted molar refractivity (Wildman–Crippen MR) is 188 cm³/mol. The zero-order valence-electron chi connectivity index (χ0n) is 25.6. The number of benzene rings is 4. The summed E-state index contributed by atoms with van der Waals surface area (Å²) >= 11 is 25.2. The van der Waals surface area contributed by atoms with Crippen LogP contribution in [-0.4, -0.2) is 23.6 Å². The van der Waals surface area contributed by atoms with Crippen molar-refractivity contribution in [2.24, 2.45) is 34.5 Å². The molecule has 4 aromatic rings. The average molecular weight is 716 g/mol. The highest BCUT2D eigenvalue weighted by atomic mass is 35.5. The van der Waals surface area contributed by atoms with Crippen LogP contribution in [-0.2, 0) is 19.2 Å². The lowest BCUT2D eigenvalue weighted by Gasteiger charge is -2.62. The van der Waals surface area contributed by atoms with Crippen molar-refractivity contribution >= 4 is 92.6 Å². The lowest BCUT2D eigenvalue weighted by atomic mass is 9.36. The third-order valence-corrected chi connectivity index (χ3v) is 12.4. The Labute approximate surface area is 296 Å². The largest absolute Gasteiger partial charge is 0.274 e. The smallest absolute Gasteiger partial charge is 0.238 e. The van der Waals surface area contributed by atoms with Gasteiger partial charge in [-0.1, -0.05) is 121 Å². The standard InChI is InChI=1S/C38H26Cl4N2O4/c1-37-27(19-9-5-3-6-10-19)28(20-11-7-4-8-12-20)38(2,31-29(37)33(45)43(35(31)47)21-13-15-23(39)25(41)17-21)32-30(37)34(46)44(36(32)48)22-14-16-24(40)26(42)18-22/h3-18,29-32H,1-2H3. The van der Waals surface area contributed by atoms with Gasteiger partial charge in [-0.15, -0.1) is 0 Å². The van der Waals surface area contributed by atoms with Crippen molar-refractivity contribution in [1.29, 1.82) is 0 Å². The highest BCUT2D eigenvalue weighted by Gasteiger charge is 2.80. The van der Waals surface area contributed by atoms with E-state index in [4.69, 9.17) is 46.4 Å². The molecule has 4 atom stereocenters. The fraction of sp³-hybridized carbons (Fsp3) is 0.211. The third-order valence-electron chi connectivity index (χ3n) is 11.0. The fourth-order valence-corrected chi connectivity index (χ4v) is 9.76. The molecule has 5 aliphatic rings. The molecule has 240 valence electrons. The number of halogens is 4. The number of carbonyl (C=O) groups excluding carboxylic acids is 4. The molecule has 0 spiro atoms. The number of allylic oxidation sites excluding steroid dienone is 2. The van der Waals surface area contributed by atoms with Crippen LogP contribution >= 0.6 is 46.4 Å². The zero-order valence-corrected chi connectivity index (χ0v) is 28.6. The van der Waals surface area contributed by atoms with Gasteiger partial charge in [0.05, 0.1) is 55.1 Å². The van der Waals surface area contributed by atoms with E-state index in [0.717, 1.165) is 32.1 Å². The zero-order chi connectivity index (χ0) is 33.9. The Morgan fingerprint density at radius 1 is 0.458 bits per heavy atom. The van der Waals surface area contributed by atoms with E-state index in [9.17, 15) is 19.2 Å². The first kappa shape index (κ1) is 31.3. The second kappa shape index (κ2) is 10.8. The van der Waals surface area contributed by atoms with Crippen molar-refractivity contribution in [1.82, 2.24) is 0 Å². The highest BCUT2D eigenvalue weighted by Crippen LogP contribution is 2.76. The normalized spacial score (nSPS) is 29.2. The van der Waals surface area contributed by atoms with Gasteiger partial charge in [0.25, 0.3) is 0 Å². The van der Waals surface area contributed by atoms with E-state index in [0.29, 0.717) is 0 Å². The van der Waals surface area contributed by atoms with Gasteiger partial charge in [-0.3, -0.25) is 19.2 Å². The van der Waals surface area contributed by atoms with Crippen molar-refractivity contribution in [2.75, 3.05) is 9.80 Å². The number of hydrogen-bond acceptors (Lipinski definition) is 4. The third kappa shape index (κ3) is 3.95. The van der Waals surface area contributed by atoms with Crippen LogP contribution in [0.3, 0.4) is 0 Å². The maximum atomic E-state index is 14.9. The van der Waals surface area contributed by atoms with E-state index in [1.807, 2.05) is 74.5 Å². The van der Waals surface area contributed by atoms with E-state index in [1.54, 1.807) is 24.3 Å². The maximum absolute atomic E-state index is 14.9. The molecule has 4 amide bonds. The van der Waals surface area contributed by atoms with Crippen molar-refractivity contribution in [3.63, 3.8) is 0 Å². The second-order valence-corrected chi connectivity index (χ2v) is 14.8. The van der Waals surface area contributed by atoms with Gasteiger partial charge in [0.15, 0.2) is 0 Å². The molecule has 0 aromatic heterocycles. The van der Waals surface area contributed by atoms with Crippen LogP contribution in [0, 0.1) is 34.5 Å². The summed E-state index contributed by atoms with van der Waals surface area (Å²) in [5.74, 6) is -5.71. The Morgan fingerprint density at radius 2 is 0.771 bits per heavy atom. The number of imide groups is 2. The topological polar surface area (TPSA) is 74.8 Å². The molecule has 4 unspecified atom stereocenters. The van der Waals surface area contributed by atoms with Gasteiger partial charge in [0.2, 0.25) is 23.6 Å². The molecule has 3 fully saturated rings. The first-order chi connectivity index (χ1) is 22.9. The van der Waals surface area contributed by atoms with Crippen LogP contribution < -0.4 is 9.80 Å². The van der Waals surface area contributed by atoms with Crippen LogP contribution in [0.5, 0.6) is 0 Å². The van der Waals surface area contributed by atoms with Gasteiger partial charge in [0.1, 0.15) is 0 Å². The Hall–Kier alpha value is -3.94. The maximum Gasteiger partial charge on any atom is 0.238 e. The van der Waals surface area contributed by atoms with Gasteiger partial charge in [-0.2, -0.15) is 0 Å². The molecule has 9 rings (SSSR count). The monoisotopic (exact) mass is 714 g/mol. The van der Waals surface area contributed by atoms with Crippen LogP contribution in [0.4, 0.5) is 11.4 Å². The Bertz CT molecular complexity index is 1940. The summed E-state index contributed by atoms with van der Waals surface area (Å²) in [7, 11) is 0. The summed E-state index contributed by atoms with van der Waals surface area (Å²) in [4.78, 5) is 61.8. The summed E-state index contributed by atoms with van der Waals surface area (Å²) in [5.41, 5.74) is 1.13. The van der Waals surface area contributed by atoms with E-state index >= 15 is 0 Å². The molecule has 1 saturated carbocycles. The van der Waals surface area contributed by atoms with E-state index in [-0.39, 0.29) is 31.5 Å². The minimum absolute atomic E-state index is 0.192. The van der Waals surface area contributed by atoms with Crippen LogP contribution in [0.25, 0.3) is 11.1 Å². The number of rotatable bonds is 4. The SMILES string of the molecule is CC12C(c3ccccc3)=C(c3ccccc3)C(C)(C3C(=O)N(c4ccc(Cl)c(Cl)c4)C(=O)C31)C1C(=O)N(c3ccc(Cl)c(Cl)c3)C(=O)C12. The van der Waals surface area contributed by atoms with Crippen LogP contribution in [0.1, 0.15) is 25.0 Å². The van der Waals surface area contributed by atoms with E-state index < -0.39 is 58.1 Å². The summed E-state index contributed by atoms with van der Waals surface area (Å²) in [6, 6.07) is 28.5. The van der Waals surface area contributed by atoms with Crippen LogP contribution in [0.15, 0.2) is 97.1 Å². The number of anilines is 2. The van der Waals surface area contributed by atoms with Gasteiger partial charge in [-0.25, -0.2) is 9.80 Å². The first-order valence-electron chi connectivity index (χ1n) is 15.4. The number of hydrogen-bond donors (Lipinski definition) is 0. The Kier molecular flexibility index (Phi) is 7.04. The molecular weight excluding hydrogens is 690 g/mol. The molecule has 6 nitrogen and oxygen atoms in total. The van der Waals surface area contributed by atoms with Crippen molar-refractivity contribution < 1.29 is 19.2 Å². The minimum Gasteiger partial charge on any atom is -0.274 e. The number of carbonyl (C=O) groups is 4. The van der Waals surface area contributed by atoms with Gasteiger partial charge in [-0.05, 0) is 58.7 Å². The summed E-state index contributed by atoms with van der Waals surface area (Å²) in [6.45, 7) is 3.75. The average Bonchev–Trinajstić information content (AvgIpc) is 3.52. The van der Waals surface area contributed by atoms with Crippen molar-refractivity contribution in [3.8, 4) is 0 Å². The summed E-state index contributed by atoms with van der Waals surface area (Å²) in [5, 5.41) is 0.946. The van der Waals surface area contributed by atoms with Crippen LogP contribution in [0.2, 0.25) is 20.1 Å². The second-order valence-electron chi connectivity index (χ2n) is 13.2. The van der Waals surface area contributed by atoms with Gasteiger partial charge in [0, 0.05) is 10.8 Å². The molecule has 2 aliphatic heterocycles. The van der Waals surface area contributed by atoms with Gasteiger partial charge < -0.3 is 0 Å². The van der Waals surface area contributed by atoms with E-state index in [1.165, 1.54) is 12.1 Å². The molecule has 2 heterocycles. The molecule has 4 aromatic carbocycles. The number of nitrogens with zero attached hydrogens (tertiary/aromatic N) is 2. The lowest BCUT2D eigenvalue weighted by molar-refractivity contribution is -0.151. The van der Waals surface area contributed by atoms with Crippen molar-refractivity contribution in [3.05, 3.63) is 128 Å². The molecular formula is C38H26Cl4N2O4. The predicted octanol–water partition coefficient (Wildman–Crippen LogP) is 8.86.